The van der Waals surface area contributed by atoms with Crippen LogP contribution in [-0.4, -0.2) is 11.1 Å². The summed E-state index contributed by atoms with van der Waals surface area (Å²) in [4.78, 5) is 12.5. The fraction of sp³-hybridized carbons (Fsp3) is 0.238. The van der Waals surface area contributed by atoms with E-state index in [2.05, 4.69) is 10.5 Å². The molecule has 0 radical (unpaired) electrons. The molecule has 3 aromatic heterocycles. The Morgan fingerprint density at radius 3 is 2.75 bits per heavy atom. The van der Waals surface area contributed by atoms with Crippen LogP contribution < -0.4 is 5.32 Å². The Balaban J connectivity index is 1.46. The van der Waals surface area contributed by atoms with Crippen LogP contribution in [0.1, 0.15) is 52.1 Å². The summed E-state index contributed by atoms with van der Waals surface area (Å²) in [5, 5.41) is 8.36. The molecular formula is C21H19ClN2O4. The first-order valence-electron chi connectivity index (χ1n) is 8.91. The van der Waals surface area contributed by atoms with Gasteiger partial charge in [0.1, 0.15) is 22.9 Å². The number of carbonyl (C=O) groups excluding carboxylic acids is 1. The highest BCUT2D eigenvalue weighted by Crippen LogP contribution is 2.27. The highest BCUT2D eigenvalue weighted by molar-refractivity contribution is 6.31. The summed E-state index contributed by atoms with van der Waals surface area (Å²) in [7, 11) is 0. The van der Waals surface area contributed by atoms with Gasteiger partial charge >= 0.3 is 0 Å². The average molecular weight is 399 g/mol. The molecule has 0 saturated heterocycles. The molecule has 0 aliphatic rings. The van der Waals surface area contributed by atoms with E-state index in [1.54, 1.807) is 18.2 Å². The number of aromatic nitrogens is 1. The van der Waals surface area contributed by atoms with Gasteiger partial charge in [0.05, 0.1) is 11.7 Å². The van der Waals surface area contributed by atoms with E-state index in [4.69, 9.17) is 25.0 Å². The minimum atomic E-state index is -0.324. The molecule has 7 heteroatoms. The maximum absolute atomic E-state index is 12.5. The molecule has 1 aromatic carbocycles. The topological polar surface area (TPSA) is 81.4 Å². The first-order valence-corrected chi connectivity index (χ1v) is 9.29. The lowest BCUT2D eigenvalue weighted by molar-refractivity contribution is 0.0906. The van der Waals surface area contributed by atoms with Crippen molar-refractivity contribution in [1.82, 2.24) is 10.5 Å². The van der Waals surface area contributed by atoms with Gasteiger partial charge in [0.2, 0.25) is 0 Å². The lowest BCUT2D eigenvalue weighted by atomic mass is 10.1. The van der Waals surface area contributed by atoms with Crippen LogP contribution in [-0.2, 0) is 6.42 Å². The molecule has 0 bridgehead atoms. The van der Waals surface area contributed by atoms with Crippen molar-refractivity contribution in [2.75, 3.05) is 0 Å². The molecule has 3 heterocycles. The Bertz CT molecular complexity index is 1140. The number of aryl methyl sites for hydroxylation is 2. The van der Waals surface area contributed by atoms with E-state index in [1.807, 2.05) is 39.0 Å². The van der Waals surface area contributed by atoms with Crippen molar-refractivity contribution in [3.8, 4) is 0 Å². The Morgan fingerprint density at radius 1 is 1.18 bits per heavy atom. The first kappa shape index (κ1) is 18.4. The number of nitrogens with zero attached hydrogens (tertiary/aromatic N) is 1. The van der Waals surface area contributed by atoms with Crippen molar-refractivity contribution in [2.24, 2.45) is 0 Å². The Morgan fingerprint density at radius 2 is 2.00 bits per heavy atom. The predicted molar refractivity (Wildman–Crippen MR) is 105 cm³/mol. The monoisotopic (exact) mass is 398 g/mol. The number of hydrogen-bond donors (Lipinski definition) is 1. The van der Waals surface area contributed by atoms with Crippen LogP contribution in [0.25, 0.3) is 11.0 Å². The molecule has 0 aliphatic carbocycles. The van der Waals surface area contributed by atoms with Gasteiger partial charge in [-0.3, -0.25) is 4.79 Å². The van der Waals surface area contributed by atoms with Crippen LogP contribution in [0.2, 0.25) is 5.02 Å². The Hall–Kier alpha value is -2.99. The van der Waals surface area contributed by atoms with E-state index < -0.39 is 0 Å². The molecule has 0 aliphatic heterocycles. The molecule has 1 amide bonds. The van der Waals surface area contributed by atoms with Gasteiger partial charge in [0, 0.05) is 22.4 Å². The number of benzene rings is 1. The third-order valence-corrected chi connectivity index (χ3v) is 4.92. The normalized spacial score (nSPS) is 12.4. The summed E-state index contributed by atoms with van der Waals surface area (Å²) in [6.45, 7) is 5.59. The van der Waals surface area contributed by atoms with Crippen molar-refractivity contribution in [3.05, 3.63) is 75.7 Å². The van der Waals surface area contributed by atoms with E-state index in [9.17, 15) is 4.79 Å². The summed E-state index contributed by atoms with van der Waals surface area (Å²) in [6, 6.07) is 10.4. The number of hydrogen-bond acceptors (Lipinski definition) is 5. The zero-order valence-electron chi connectivity index (χ0n) is 15.7. The maximum Gasteiger partial charge on any atom is 0.287 e. The van der Waals surface area contributed by atoms with Crippen molar-refractivity contribution in [3.63, 3.8) is 0 Å². The van der Waals surface area contributed by atoms with Gasteiger partial charge in [-0.15, -0.1) is 0 Å². The van der Waals surface area contributed by atoms with Crippen LogP contribution in [0.5, 0.6) is 0 Å². The van der Waals surface area contributed by atoms with Gasteiger partial charge in [-0.05, 0) is 57.2 Å². The second-order valence-electron chi connectivity index (χ2n) is 6.77. The second kappa shape index (κ2) is 7.20. The average Bonchev–Trinajstić information content (AvgIpc) is 3.36. The number of halogens is 1. The molecule has 0 saturated carbocycles. The van der Waals surface area contributed by atoms with Gasteiger partial charge in [-0.1, -0.05) is 16.8 Å². The zero-order valence-corrected chi connectivity index (χ0v) is 16.5. The van der Waals surface area contributed by atoms with Crippen LogP contribution in [0.4, 0.5) is 0 Å². The van der Waals surface area contributed by atoms with E-state index >= 15 is 0 Å². The van der Waals surface area contributed by atoms with Crippen LogP contribution >= 0.6 is 11.6 Å². The molecule has 4 aromatic rings. The smallest absolute Gasteiger partial charge is 0.287 e. The third-order valence-electron chi connectivity index (χ3n) is 4.69. The van der Waals surface area contributed by atoms with E-state index in [-0.39, 0.29) is 17.7 Å². The van der Waals surface area contributed by atoms with Crippen molar-refractivity contribution in [2.45, 2.75) is 33.2 Å². The van der Waals surface area contributed by atoms with Crippen LogP contribution in [0, 0.1) is 13.8 Å². The largest absolute Gasteiger partial charge is 0.459 e. The fourth-order valence-corrected chi connectivity index (χ4v) is 3.29. The molecule has 1 atom stereocenters. The van der Waals surface area contributed by atoms with Gasteiger partial charge in [0.15, 0.2) is 5.76 Å². The zero-order chi connectivity index (χ0) is 19.8. The number of amides is 1. The molecule has 144 valence electrons. The maximum atomic E-state index is 12.5. The highest BCUT2D eigenvalue weighted by Gasteiger charge is 2.19. The lowest BCUT2D eigenvalue weighted by Gasteiger charge is -2.09. The molecule has 0 fully saturated rings. The second-order valence-corrected chi connectivity index (χ2v) is 7.21. The number of carbonyl (C=O) groups is 1. The van der Waals surface area contributed by atoms with Gasteiger partial charge in [-0.2, -0.15) is 0 Å². The van der Waals surface area contributed by atoms with E-state index in [0.29, 0.717) is 23.0 Å². The van der Waals surface area contributed by atoms with Crippen LogP contribution in [0.3, 0.4) is 0 Å². The van der Waals surface area contributed by atoms with E-state index in [1.165, 1.54) is 0 Å². The summed E-state index contributed by atoms with van der Waals surface area (Å²) < 4.78 is 16.7. The number of rotatable bonds is 5. The number of nitrogens with one attached hydrogen (secondary N) is 1. The summed E-state index contributed by atoms with van der Waals surface area (Å²) in [6.07, 6.45) is 0.522. The molecular weight excluding hydrogens is 380 g/mol. The minimum Gasteiger partial charge on any atom is -0.459 e. The standard InChI is InChI=1S/C21H19ClN2O4/c1-11-17(13(3)28-24-11)10-16-5-7-19(26-16)21(25)23-12(2)20-9-14-8-15(22)4-6-18(14)27-20/h4-9,12H,10H2,1-3H3,(H,23,25)/t12-/m0/s1. The van der Waals surface area contributed by atoms with Gasteiger partial charge < -0.3 is 18.7 Å². The quantitative estimate of drug-likeness (QED) is 0.489. The first-order chi connectivity index (χ1) is 13.4. The van der Waals surface area contributed by atoms with Crippen LogP contribution in [0.15, 0.2) is 49.8 Å². The lowest BCUT2D eigenvalue weighted by Crippen LogP contribution is -2.25. The Labute approximate surface area is 166 Å². The molecule has 28 heavy (non-hydrogen) atoms. The SMILES string of the molecule is Cc1noc(C)c1Cc1ccc(C(=O)N[C@@H](C)c2cc3cc(Cl)ccc3o2)o1. The predicted octanol–water partition coefficient (Wildman–Crippen LogP) is 5.37. The Kier molecular flexibility index (Phi) is 4.73. The van der Waals surface area contributed by atoms with Crippen molar-refractivity contribution < 1.29 is 18.2 Å². The fourth-order valence-electron chi connectivity index (χ4n) is 3.11. The summed E-state index contributed by atoms with van der Waals surface area (Å²) in [5.74, 6) is 2.00. The third kappa shape index (κ3) is 3.55. The van der Waals surface area contributed by atoms with Crippen molar-refractivity contribution >= 4 is 28.5 Å². The number of fused-ring (bicyclic) bond motifs is 1. The van der Waals surface area contributed by atoms with E-state index in [0.717, 1.165) is 28.0 Å². The molecule has 0 spiro atoms. The summed E-state index contributed by atoms with van der Waals surface area (Å²) in [5.41, 5.74) is 2.51. The molecule has 4 rings (SSSR count). The number of furan rings is 2. The van der Waals surface area contributed by atoms with Gasteiger partial charge in [-0.25, -0.2) is 0 Å². The van der Waals surface area contributed by atoms with Crippen molar-refractivity contribution in [1.29, 1.82) is 0 Å². The van der Waals surface area contributed by atoms with Gasteiger partial charge in [0.25, 0.3) is 5.91 Å². The minimum absolute atomic E-state index is 0.243. The molecule has 0 unspecified atom stereocenters. The highest BCUT2D eigenvalue weighted by atomic mass is 35.5. The molecule has 1 N–H and O–H groups in total. The molecule has 6 nitrogen and oxygen atoms in total. The summed E-state index contributed by atoms with van der Waals surface area (Å²) >= 11 is 6.01.